The average molecular weight is 479 g/mol. The van der Waals surface area contributed by atoms with Gasteiger partial charge in [-0.1, -0.05) is 24.3 Å². The number of hydrogen-bond donors (Lipinski definition) is 2. The Balaban J connectivity index is 0.00000261. The number of anilines is 2. The Morgan fingerprint density at radius 1 is 0.852 bits per heavy atom. The molecule has 2 aromatic rings. The predicted octanol–water partition coefficient (Wildman–Crippen LogP) is 0.0159. The summed E-state index contributed by atoms with van der Waals surface area (Å²) >= 11 is 0. The lowest BCUT2D eigenvalue weighted by Gasteiger charge is -2.25. The van der Waals surface area contributed by atoms with Gasteiger partial charge in [-0.25, -0.2) is 0 Å². The van der Waals surface area contributed by atoms with Crippen LogP contribution >= 0.6 is 0 Å². The van der Waals surface area contributed by atoms with Crippen molar-refractivity contribution in [2.45, 2.75) is 6.42 Å². The Morgan fingerprint density at radius 2 is 1.37 bits per heavy atom. The molecule has 0 saturated carbocycles. The number of quaternary nitrogens is 1. The van der Waals surface area contributed by atoms with Crippen LogP contribution in [-0.2, 0) is 0 Å². The minimum Gasteiger partial charge on any atom is -1.00 e. The fourth-order valence-electron chi connectivity index (χ4n) is 3.35. The van der Waals surface area contributed by atoms with E-state index in [-0.39, 0.29) is 35.5 Å². The molecule has 0 aliphatic heterocycles. The van der Waals surface area contributed by atoms with E-state index in [2.05, 4.69) is 31.8 Å². The molecule has 1 aliphatic carbocycles. The summed E-state index contributed by atoms with van der Waals surface area (Å²) in [5, 5.41) is 6.42. The number of halogens is 1. The number of rotatable bonds is 6. The molecule has 0 heterocycles. The van der Waals surface area contributed by atoms with Crippen molar-refractivity contribution in [3.63, 3.8) is 0 Å². The molecule has 0 bridgehead atoms. The van der Waals surface area contributed by atoms with E-state index in [0.717, 1.165) is 29.7 Å². The molecule has 0 atom stereocenters. The van der Waals surface area contributed by atoms with Gasteiger partial charge in [0.1, 0.15) is 0 Å². The number of carbonyl (C=O) groups excluding carboxylic acids is 2. The van der Waals surface area contributed by atoms with Gasteiger partial charge in [0.15, 0.2) is 11.6 Å². The highest BCUT2D eigenvalue weighted by molar-refractivity contribution is 6.31. The van der Waals surface area contributed by atoms with Crippen molar-refractivity contribution >= 4 is 22.9 Å². The van der Waals surface area contributed by atoms with Crippen molar-refractivity contribution in [1.29, 1.82) is 0 Å². The van der Waals surface area contributed by atoms with Gasteiger partial charge in [-0.3, -0.25) is 9.59 Å². The van der Waals surface area contributed by atoms with E-state index < -0.39 is 0 Å². The molecule has 3 rings (SSSR count). The molecule has 144 valence electrons. The summed E-state index contributed by atoms with van der Waals surface area (Å²) in [5.74, 6) is -0.198. The molecule has 27 heavy (non-hydrogen) atoms. The highest BCUT2D eigenvalue weighted by atomic mass is 127. The Labute approximate surface area is 177 Å². The molecule has 0 radical (unpaired) electrons. The summed E-state index contributed by atoms with van der Waals surface area (Å²) in [4.78, 5) is 26.1. The van der Waals surface area contributed by atoms with Crippen molar-refractivity contribution < 1.29 is 38.0 Å². The van der Waals surface area contributed by atoms with Crippen molar-refractivity contribution in [2.24, 2.45) is 0 Å². The monoisotopic (exact) mass is 479 g/mol. The molecule has 0 unspecified atom stereocenters. The first-order chi connectivity index (χ1) is 12.3. The minimum atomic E-state index is -0.102. The molecular formula is C21H26IN3O2. The molecule has 1 aliphatic rings. The van der Waals surface area contributed by atoms with Gasteiger partial charge in [-0.2, -0.15) is 0 Å². The maximum Gasteiger partial charge on any atom is 0.196 e. The van der Waals surface area contributed by atoms with Crippen LogP contribution in [-0.4, -0.2) is 57.3 Å². The number of nitrogens with zero attached hydrogens (tertiary/aromatic N) is 1. The van der Waals surface area contributed by atoms with Crippen LogP contribution in [0.2, 0.25) is 0 Å². The van der Waals surface area contributed by atoms with Crippen LogP contribution in [0, 0.1) is 0 Å². The maximum atomic E-state index is 13.1. The molecule has 0 aromatic heterocycles. The summed E-state index contributed by atoms with van der Waals surface area (Å²) in [6.07, 6.45) is 0.977. The first-order valence-corrected chi connectivity index (χ1v) is 8.91. The fourth-order valence-corrected chi connectivity index (χ4v) is 3.35. The number of hydrogen-bond acceptors (Lipinski definition) is 4. The zero-order chi connectivity index (χ0) is 18.9. The summed E-state index contributed by atoms with van der Waals surface area (Å²) in [5.41, 5.74) is 3.31. The Bertz CT molecular complexity index is 872. The van der Waals surface area contributed by atoms with Gasteiger partial charge in [0.25, 0.3) is 0 Å². The van der Waals surface area contributed by atoms with Crippen LogP contribution in [0.1, 0.15) is 38.3 Å². The van der Waals surface area contributed by atoms with Gasteiger partial charge in [0.05, 0.1) is 38.8 Å². The molecule has 5 nitrogen and oxygen atoms in total. The number of nitrogens with one attached hydrogen (secondary N) is 2. The lowest BCUT2D eigenvalue weighted by atomic mass is 9.82. The van der Waals surface area contributed by atoms with Crippen LogP contribution in [0.5, 0.6) is 0 Å². The van der Waals surface area contributed by atoms with Crippen molar-refractivity contribution in [3.05, 3.63) is 58.7 Å². The molecule has 0 spiro atoms. The fraction of sp³-hybridized carbons (Fsp3) is 0.333. The molecule has 2 N–H and O–H groups in total. The lowest BCUT2D eigenvalue weighted by Crippen LogP contribution is -3.00. The van der Waals surface area contributed by atoms with Gasteiger partial charge in [-0.05, 0) is 12.1 Å². The maximum absolute atomic E-state index is 13.1. The average Bonchev–Trinajstić information content (AvgIpc) is 2.62. The van der Waals surface area contributed by atoms with Gasteiger partial charge in [-0.15, -0.1) is 0 Å². The molecule has 0 saturated heterocycles. The van der Waals surface area contributed by atoms with E-state index in [4.69, 9.17) is 0 Å². The molecule has 2 aromatic carbocycles. The second-order valence-electron chi connectivity index (χ2n) is 7.66. The number of fused-ring (bicyclic) bond motifs is 2. The topological polar surface area (TPSA) is 58.2 Å². The first-order valence-electron chi connectivity index (χ1n) is 8.91. The van der Waals surface area contributed by atoms with Crippen LogP contribution in [0.15, 0.2) is 36.4 Å². The first kappa shape index (κ1) is 21.4. The molecule has 6 heteroatoms. The third kappa shape index (κ3) is 4.32. The zero-order valence-corrected chi connectivity index (χ0v) is 18.4. The number of benzene rings is 2. The second-order valence-corrected chi connectivity index (χ2v) is 7.66. The number of carbonyl (C=O) groups is 2. The molecule has 0 amide bonds. The van der Waals surface area contributed by atoms with E-state index in [0.29, 0.717) is 27.9 Å². The lowest BCUT2D eigenvalue weighted by molar-refractivity contribution is -0.870. The normalized spacial score (nSPS) is 12.7. The number of ketones is 2. The van der Waals surface area contributed by atoms with Gasteiger partial charge >= 0.3 is 0 Å². The molecular weight excluding hydrogens is 453 g/mol. The predicted molar refractivity (Wildman–Crippen MR) is 105 cm³/mol. The van der Waals surface area contributed by atoms with E-state index in [1.54, 1.807) is 31.3 Å². The van der Waals surface area contributed by atoms with Crippen molar-refractivity contribution in [2.75, 3.05) is 51.9 Å². The Hall–Kier alpha value is -1.93. The van der Waals surface area contributed by atoms with Crippen LogP contribution in [0.3, 0.4) is 0 Å². The van der Waals surface area contributed by atoms with E-state index >= 15 is 0 Å². The summed E-state index contributed by atoms with van der Waals surface area (Å²) in [6, 6.07) is 10.8. The van der Waals surface area contributed by atoms with Crippen LogP contribution < -0.4 is 34.6 Å². The van der Waals surface area contributed by atoms with E-state index in [9.17, 15) is 9.59 Å². The van der Waals surface area contributed by atoms with Gasteiger partial charge in [0.2, 0.25) is 0 Å². The summed E-state index contributed by atoms with van der Waals surface area (Å²) in [6.45, 7) is 1.78. The SMILES string of the molecule is CNc1ccc(NCCC[N+](C)(C)C)c2c1C(=O)c1ccccc1C2=O.[I-]. The van der Waals surface area contributed by atoms with Crippen LogP contribution in [0.4, 0.5) is 11.4 Å². The van der Waals surface area contributed by atoms with Crippen LogP contribution in [0.25, 0.3) is 0 Å². The molecule has 0 fully saturated rings. The summed E-state index contributed by atoms with van der Waals surface area (Å²) < 4.78 is 0.892. The third-order valence-electron chi connectivity index (χ3n) is 4.67. The summed E-state index contributed by atoms with van der Waals surface area (Å²) in [7, 11) is 8.23. The zero-order valence-electron chi connectivity index (χ0n) is 16.2. The highest BCUT2D eigenvalue weighted by Crippen LogP contribution is 2.36. The van der Waals surface area contributed by atoms with Gasteiger partial charge < -0.3 is 39.1 Å². The van der Waals surface area contributed by atoms with E-state index in [1.165, 1.54) is 0 Å². The standard InChI is InChI=1S/C21H25N3O2.HI/c1-22-16-10-11-17(23-12-7-13-24(2,3)4)19-18(16)20(25)14-8-5-6-9-15(14)21(19)26;/h5-6,8-11H,7,12-13H2,1-4H3,(H-,22,23,25,26);1H. The van der Waals surface area contributed by atoms with E-state index in [1.807, 2.05) is 12.1 Å². The Morgan fingerprint density at radius 3 is 1.89 bits per heavy atom. The van der Waals surface area contributed by atoms with Crippen molar-refractivity contribution in [3.8, 4) is 0 Å². The largest absolute Gasteiger partial charge is 1.00 e. The highest BCUT2D eigenvalue weighted by Gasteiger charge is 2.33. The smallest absolute Gasteiger partial charge is 0.196 e. The Kier molecular flexibility index (Phi) is 6.64. The van der Waals surface area contributed by atoms with Crippen molar-refractivity contribution in [1.82, 2.24) is 0 Å². The quantitative estimate of drug-likeness (QED) is 0.298. The second kappa shape index (κ2) is 8.39. The van der Waals surface area contributed by atoms with Gasteiger partial charge in [0, 0.05) is 42.5 Å². The third-order valence-corrected chi connectivity index (χ3v) is 4.67. The minimum absolute atomic E-state index is 0.